The number of hydrogen-bond donors (Lipinski definition) is 2. The summed E-state index contributed by atoms with van der Waals surface area (Å²) in [6, 6.07) is 3.05. The van der Waals surface area contributed by atoms with Crippen LogP contribution in [-0.2, 0) is 0 Å². The molecule has 0 amide bonds. The lowest BCUT2D eigenvalue weighted by molar-refractivity contribution is -0.384. The molecule has 1 rings (SSSR count). The van der Waals surface area contributed by atoms with Crippen LogP contribution in [0, 0.1) is 21.4 Å². The molecule has 7 heteroatoms. The smallest absolute Gasteiger partial charge is 0.328 e. The van der Waals surface area contributed by atoms with Crippen molar-refractivity contribution < 1.29 is 10.0 Å². The molecule has 19 heavy (non-hydrogen) atoms. The second kappa shape index (κ2) is 6.11. The van der Waals surface area contributed by atoms with Crippen LogP contribution in [-0.4, -0.2) is 27.2 Å². The van der Waals surface area contributed by atoms with Gasteiger partial charge in [0.15, 0.2) is 0 Å². The van der Waals surface area contributed by atoms with E-state index in [4.69, 9.17) is 5.26 Å². The first-order valence-electron chi connectivity index (χ1n) is 5.97. The van der Waals surface area contributed by atoms with Crippen LogP contribution >= 0.6 is 0 Å². The zero-order valence-electron chi connectivity index (χ0n) is 10.9. The molecule has 0 aromatic carbocycles. The van der Waals surface area contributed by atoms with Crippen LogP contribution < -0.4 is 5.32 Å². The van der Waals surface area contributed by atoms with Gasteiger partial charge in [0.2, 0.25) is 5.82 Å². The van der Waals surface area contributed by atoms with Crippen LogP contribution in [0.4, 0.5) is 11.5 Å². The van der Waals surface area contributed by atoms with Crippen molar-refractivity contribution in [3.8, 4) is 6.07 Å². The maximum absolute atomic E-state index is 11.0. The molecular weight excluding hydrogens is 248 g/mol. The van der Waals surface area contributed by atoms with Crippen LogP contribution in [0.3, 0.4) is 0 Å². The van der Waals surface area contributed by atoms with Gasteiger partial charge in [-0.3, -0.25) is 10.1 Å². The summed E-state index contributed by atoms with van der Waals surface area (Å²) in [7, 11) is 0. The summed E-state index contributed by atoms with van der Waals surface area (Å²) in [5.41, 5.74) is -1.36. The summed E-state index contributed by atoms with van der Waals surface area (Å²) in [4.78, 5) is 14.2. The Hall–Kier alpha value is -2.20. The summed E-state index contributed by atoms with van der Waals surface area (Å²) >= 11 is 0. The zero-order valence-corrected chi connectivity index (χ0v) is 10.9. The van der Waals surface area contributed by atoms with E-state index >= 15 is 0 Å². The molecule has 7 nitrogen and oxygen atoms in total. The SMILES string of the molecule is CCC(O)(CC)CNc1nccc(C#N)c1[N+](=O)[O-]. The fourth-order valence-corrected chi connectivity index (χ4v) is 1.61. The van der Waals surface area contributed by atoms with E-state index in [0.717, 1.165) is 0 Å². The summed E-state index contributed by atoms with van der Waals surface area (Å²) in [6.45, 7) is 3.81. The Morgan fingerprint density at radius 2 is 2.21 bits per heavy atom. The van der Waals surface area contributed by atoms with Crippen LogP contribution in [0.2, 0.25) is 0 Å². The van der Waals surface area contributed by atoms with E-state index in [-0.39, 0.29) is 23.6 Å². The quantitative estimate of drug-likeness (QED) is 0.598. The normalized spacial score (nSPS) is 10.8. The molecule has 1 aromatic rings. The Balaban J connectivity index is 3.03. The molecule has 102 valence electrons. The van der Waals surface area contributed by atoms with Crippen LogP contribution in [0.25, 0.3) is 0 Å². The fourth-order valence-electron chi connectivity index (χ4n) is 1.61. The summed E-state index contributed by atoms with van der Waals surface area (Å²) in [6.07, 6.45) is 2.36. The average Bonchev–Trinajstić information content (AvgIpc) is 2.43. The lowest BCUT2D eigenvalue weighted by Gasteiger charge is -2.25. The number of aliphatic hydroxyl groups is 1. The highest BCUT2D eigenvalue weighted by Gasteiger charge is 2.26. The van der Waals surface area contributed by atoms with Crippen molar-refractivity contribution in [2.45, 2.75) is 32.3 Å². The Bertz CT molecular complexity index is 506. The number of hydrogen-bond acceptors (Lipinski definition) is 6. The Kier molecular flexibility index (Phi) is 4.78. The predicted octanol–water partition coefficient (Wildman–Crippen LogP) is 1.82. The van der Waals surface area contributed by atoms with E-state index in [9.17, 15) is 15.2 Å². The van der Waals surface area contributed by atoms with Crippen molar-refractivity contribution in [2.75, 3.05) is 11.9 Å². The lowest BCUT2D eigenvalue weighted by atomic mass is 9.97. The highest BCUT2D eigenvalue weighted by Crippen LogP contribution is 2.26. The van der Waals surface area contributed by atoms with E-state index < -0.39 is 10.5 Å². The first-order valence-corrected chi connectivity index (χ1v) is 5.97. The topological polar surface area (TPSA) is 112 Å². The van der Waals surface area contributed by atoms with Gasteiger partial charge >= 0.3 is 5.69 Å². The number of nitriles is 1. The number of nitro groups is 1. The molecule has 0 atom stereocenters. The lowest BCUT2D eigenvalue weighted by Crippen LogP contribution is -2.35. The Labute approximate surface area is 111 Å². The minimum Gasteiger partial charge on any atom is -0.388 e. The molecule has 0 aliphatic heterocycles. The zero-order chi connectivity index (χ0) is 14.5. The largest absolute Gasteiger partial charge is 0.388 e. The number of aromatic nitrogens is 1. The van der Waals surface area contributed by atoms with Crippen LogP contribution in [0.5, 0.6) is 0 Å². The van der Waals surface area contributed by atoms with E-state index in [1.54, 1.807) is 6.07 Å². The molecule has 1 heterocycles. The van der Waals surface area contributed by atoms with Gasteiger partial charge in [0.05, 0.1) is 10.5 Å². The minimum absolute atomic E-state index is 0.00405. The number of nitrogens with zero attached hydrogens (tertiary/aromatic N) is 3. The first-order chi connectivity index (χ1) is 8.97. The third kappa shape index (κ3) is 3.39. The first kappa shape index (κ1) is 14.9. The Morgan fingerprint density at radius 3 is 2.68 bits per heavy atom. The molecule has 2 N–H and O–H groups in total. The fraction of sp³-hybridized carbons (Fsp3) is 0.500. The average molecular weight is 264 g/mol. The molecule has 0 fully saturated rings. The maximum Gasteiger partial charge on any atom is 0.328 e. The predicted molar refractivity (Wildman–Crippen MR) is 69.6 cm³/mol. The number of pyridine rings is 1. The Morgan fingerprint density at radius 1 is 1.58 bits per heavy atom. The van der Waals surface area contributed by atoms with Gasteiger partial charge in [-0.25, -0.2) is 4.98 Å². The van der Waals surface area contributed by atoms with E-state index in [1.165, 1.54) is 12.3 Å². The third-order valence-corrected chi connectivity index (χ3v) is 3.13. The molecule has 0 bridgehead atoms. The molecule has 0 aliphatic carbocycles. The molecule has 0 saturated heterocycles. The van der Waals surface area contributed by atoms with E-state index in [1.807, 2.05) is 13.8 Å². The molecule has 0 radical (unpaired) electrons. The molecular formula is C12H16N4O3. The summed E-state index contributed by atoms with van der Waals surface area (Å²) < 4.78 is 0. The second-order valence-electron chi connectivity index (χ2n) is 4.21. The maximum atomic E-state index is 11.0. The standard InChI is InChI=1S/C12H16N4O3/c1-3-12(17,4-2)8-15-11-10(16(18)19)9(7-13)5-6-14-11/h5-6,17H,3-4,8H2,1-2H3,(H,14,15). The highest BCUT2D eigenvalue weighted by atomic mass is 16.6. The summed E-state index contributed by atoms with van der Waals surface area (Å²) in [5, 5.41) is 32.7. The van der Waals surface area contributed by atoms with Crippen molar-refractivity contribution in [1.29, 1.82) is 5.26 Å². The highest BCUT2D eigenvalue weighted by molar-refractivity contribution is 5.64. The summed E-state index contributed by atoms with van der Waals surface area (Å²) in [5.74, 6) is 0.00405. The van der Waals surface area contributed by atoms with Gasteiger partial charge in [-0.2, -0.15) is 5.26 Å². The van der Waals surface area contributed by atoms with Gasteiger partial charge in [-0.05, 0) is 18.9 Å². The van der Waals surface area contributed by atoms with E-state index in [2.05, 4.69) is 10.3 Å². The van der Waals surface area contributed by atoms with Crippen LogP contribution in [0.15, 0.2) is 12.3 Å². The van der Waals surface area contributed by atoms with Gasteiger partial charge in [0.25, 0.3) is 0 Å². The molecule has 0 saturated carbocycles. The van der Waals surface area contributed by atoms with Gasteiger partial charge < -0.3 is 10.4 Å². The molecule has 0 unspecified atom stereocenters. The second-order valence-corrected chi connectivity index (χ2v) is 4.21. The monoisotopic (exact) mass is 264 g/mol. The van der Waals surface area contributed by atoms with E-state index in [0.29, 0.717) is 12.8 Å². The number of anilines is 1. The third-order valence-electron chi connectivity index (χ3n) is 3.13. The van der Waals surface area contributed by atoms with Gasteiger partial charge in [-0.15, -0.1) is 0 Å². The van der Waals surface area contributed by atoms with Crippen LogP contribution in [0.1, 0.15) is 32.3 Å². The van der Waals surface area contributed by atoms with Gasteiger partial charge in [0.1, 0.15) is 11.6 Å². The number of nitrogens with one attached hydrogen (secondary N) is 1. The molecule has 0 spiro atoms. The number of rotatable bonds is 6. The van der Waals surface area contributed by atoms with Crippen molar-refractivity contribution in [1.82, 2.24) is 4.98 Å². The minimum atomic E-state index is -0.946. The van der Waals surface area contributed by atoms with Gasteiger partial charge in [-0.1, -0.05) is 13.8 Å². The molecule has 1 aromatic heterocycles. The van der Waals surface area contributed by atoms with Crippen molar-refractivity contribution in [3.05, 3.63) is 27.9 Å². The van der Waals surface area contributed by atoms with Crippen molar-refractivity contribution in [2.24, 2.45) is 0 Å². The van der Waals surface area contributed by atoms with Gasteiger partial charge in [0, 0.05) is 12.7 Å². The molecule has 0 aliphatic rings. The van der Waals surface area contributed by atoms with Crippen molar-refractivity contribution in [3.63, 3.8) is 0 Å². The van der Waals surface area contributed by atoms with Crippen molar-refractivity contribution >= 4 is 11.5 Å².